The van der Waals surface area contributed by atoms with Gasteiger partial charge in [0.1, 0.15) is 0 Å². The number of hydrogen-bond donors (Lipinski definition) is 1. The fraction of sp³-hybridized carbons (Fsp3) is 0.273. The summed E-state index contributed by atoms with van der Waals surface area (Å²) in [6, 6.07) is 6.55. The highest BCUT2D eigenvalue weighted by atomic mass is 16.4. The van der Waals surface area contributed by atoms with Crippen LogP contribution in [-0.4, -0.2) is 31.3 Å². The Labute approximate surface area is 97.9 Å². The summed E-state index contributed by atoms with van der Waals surface area (Å²) in [6.07, 6.45) is 1.68. The van der Waals surface area contributed by atoms with Gasteiger partial charge in [0.15, 0.2) is 5.82 Å². The van der Waals surface area contributed by atoms with Crippen LogP contribution in [0.1, 0.15) is 29.5 Å². The molecule has 0 atom stereocenters. The molecule has 0 aliphatic rings. The van der Waals surface area contributed by atoms with Crippen molar-refractivity contribution in [1.29, 1.82) is 0 Å². The predicted octanol–water partition coefficient (Wildman–Crippen LogP) is 1.31. The van der Waals surface area contributed by atoms with Crippen molar-refractivity contribution in [2.45, 2.75) is 19.8 Å². The molecule has 0 unspecified atom stereocenters. The molecule has 0 bridgehead atoms. The van der Waals surface area contributed by atoms with Crippen molar-refractivity contribution < 1.29 is 9.90 Å². The van der Waals surface area contributed by atoms with Gasteiger partial charge in [0.05, 0.1) is 11.3 Å². The van der Waals surface area contributed by atoms with Crippen LogP contribution in [0, 0.1) is 0 Å². The Kier molecular flexibility index (Phi) is 3.13. The maximum Gasteiger partial charge on any atom is 0.335 e. The van der Waals surface area contributed by atoms with E-state index in [0.29, 0.717) is 5.69 Å². The third-order valence-electron chi connectivity index (χ3n) is 2.35. The number of aryl methyl sites for hydroxylation is 1. The van der Waals surface area contributed by atoms with Gasteiger partial charge in [-0.1, -0.05) is 13.0 Å². The number of rotatable bonds is 4. The van der Waals surface area contributed by atoms with E-state index in [-0.39, 0.29) is 5.56 Å². The summed E-state index contributed by atoms with van der Waals surface area (Å²) in [7, 11) is 0. The molecule has 0 radical (unpaired) electrons. The zero-order chi connectivity index (χ0) is 12.3. The molecule has 0 fully saturated rings. The van der Waals surface area contributed by atoms with Crippen molar-refractivity contribution in [2.24, 2.45) is 0 Å². The minimum atomic E-state index is -0.961. The first-order chi connectivity index (χ1) is 8.22. The van der Waals surface area contributed by atoms with Gasteiger partial charge in [0.2, 0.25) is 0 Å². The Hall–Kier alpha value is -2.24. The summed E-state index contributed by atoms with van der Waals surface area (Å²) >= 11 is 0. The van der Waals surface area contributed by atoms with Crippen LogP contribution in [-0.2, 0) is 6.42 Å². The average molecular weight is 232 g/mol. The molecule has 6 nitrogen and oxygen atoms in total. The first kappa shape index (κ1) is 11.3. The van der Waals surface area contributed by atoms with E-state index in [1.54, 1.807) is 22.9 Å². The molecule has 0 spiro atoms. The highest BCUT2D eigenvalue weighted by Crippen LogP contribution is 2.11. The molecule has 1 aromatic carbocycles. The Morgan fingerprint density at radius 2 is 2.29 bits per heavy atom. The summed E-state index contributed by atoms with van der Waals surface area (Å²) < 4.78 is 1.57. The minimum Gasteiger partial charge on any atom is -0.478 e. The van der Waals surface area contributed by atoms with Gasteiger partial charge < -0.3 is 5.11 Å². The number of hydrogen-bond acceptors (Lipinski definition) is 4. The van der Waals surface area contributed by atoms with Gasteiger partial charge in [0.25, 0.3) is 0 Å². The zero-order valence-electron chi connectivity index (χ0n) is 9.37. The molecule has 1 N–H and O–H groups in total. The van der Waals surface area contributed by atoms with Crippen molar-refractivity contribution in [2.75, 3.05) is 0 Å². The van der Waals surface area contributed by atoms with E-state index in [4.69, 9.17) is 5.11 Å². The lowest BCUT2D eigenvalue weighted by Crippen LogP contribution is -2.05. The van der Waals surface area contributed by atoms with E-state index in [0.717, 1.165) is 18.7 Å². The fourth-order valence-electron chi connectivity index (χ4n) is 1.56. The van der Waals surface area contributed by atoms with Crippen molar-refractivity contribution in [3.63, 3.8) is 0 Å². The maximum absolute atomic E-state index is 10.9. The molecular weight excluding hydrogens is 220 g/mol. The third kappa shape index (κ3) is 2.30. The van der Waals surface area contributed by atoms with Crippen LogP contribution in [0.25, 0.3) is 5.69 Å². The summed E-state index contributed by atoms with van der Waals surface area (Å²) in [5.41, 5.74) is 0.888. The Balaban J connectivity index is 2.42. The summed E-state index contributed by atoms with van der Waals surface area (Å²) in [6.45, 7) is 2.03. The highest BCUT2D eigenvalue weighted by molar-refractivity contribution is 5.88. The van der Waals surface area contributed by atoms with Gasteiger partial charge in [-0.25, -0.2) is 4.79 Å². The molecule has 88 valence electrons. The first-order valence-corrected chi connectivity index (χ1v) is 5.33. The number of benzene rings is 1. The number of carbonyl (C=O) groups is 1. The molecule has 6 heteroatoms. The number of carboxylic acid groups (broad SMARTS) is 1. The molecule has 0 saturated carbocycles. The van der Waals surface area contributed by atoms with Crippen LogP contribution in [0.2, 0.25) is 0 Å². The lowest BCUT2D eigenvalue weighted by Gasteiger charge is -2.04. The van der Waals surface area contributed by atoms with E-state index < -0.39 is 5.97 Å². The van der Waals surface area contributed by atoms with Crippen LogP contribution < -0.4 is 0 Å². The molecule has 0 saturated heterocycles. The number of carboxylic acids is 1. The Morgan fingerprint density at radius 1 is 1.47 bits per heavy atom. The van der Waals surface area contributed by atoms with Gasteiger partial charge >= 0.3 is 5.97 Å². The molecule has 0 amide bonds. The second kappa shape index (κ2) is 4.73. The average Bonchev–Trinajstić information content (AvgIpc) is 2.78. The standard InChI is InChI=1S/C11H12N4O2/c1-2-4-10-12-13-14-15(10)9-6-3-5-8(7-9)11(16)17/h3,5-7H,2,4H2,1H3,(H,16,17). The van der Waals surface area contributed by atoms with Gasteiger partial charge in [-0.2, -0.15) is 4.68 Å². The fourth-order valence-corrected chi connectivity index (χ4v) is 1.56. The SMILES string of the molecule is CCCc1nnnn1-c1cccc(C(=O)O)c1. The van der Waals surface area contributed by atoms with Crippen molar-refractivity contribution in [3.8, 4) is 5.69 Å². The summed E-state index contributed by atoms with van der Waals surface area (Å²) in [4.78, 5) is 10.9. The smallest absolute Gasteiger partial charge is 0.335 e. The molecule has 0 aliphatic carbocycles. The van der Waals surface area contributed by atoms with Crippen LogP contribution in [0.5, 0.6) is 0 Å². The Morgan fingerprint density at radius 3 is 3.00 bits per heavy atom. The molecule has 17 heavy (non-hydrogen) atoms. The lowest BCUT2D eigenvalue weighted by atomic mass is 10.2. The molecular formula is C11H12N4O2. The minimum absolute atomic E-state index is 0.223. The van der Waals surface area contributed by atoms with Crippen molar-refractivity contribution in [3.05, 3.63) is 35.7 Å². The van der Waals surface area contributed by atoms with Crippen LogP contribution in [0.4, 0.5) is 0 Å². The highest BCUT2D eigenvalue weighted by Gasteiger charge is 2.09. The largest absolute Gasteiger partial charge is 0.478 e. The van der Waals surface area contributed by atoms with E-state index in [9.17, 15) is 4.79 Å². The molecule has 0 aliphatic heterocycles. The predicted molar refractivity (Wildman–Crippen MR) is 60.1 cm³/mol. The first-order valence-electron chi connectivity index (χ1n) is 5.33. The lowest BCUT2D eigenvalue weighted by molar-refractivity contribution is 0.0697. The zero-order valence-corrected chi connectivity index (χ0v) is 9.37. The van der Waals surface area contributed by atoms with Crippen LogP contribution >= 0.6 is 0 Å². The molecule has 1 heterocycles. The normalized spacial score (nSPS) is 10.4. The van der Waals surface area contributed by atoms with Gasteiger partial charge in [-0.05, 0) is 35.0 Å². The topological polar surface area (TPSA) is 80.9 Å². The van der Waals surface area contributed by atoms with Gasteiger partial charge in [0, 0.05) is 6.42 Å². The van der Waals surface area contributed by atoms with Crippen LogP contribution in [0.3, 0.4) is 0 Å². The van der Waals surface area contributed by atoms with Crippen molar-refractivity contribution >= 4 is 5.97 Å². The monoisotopic (exact) mass is 232 g/mol. The molecule has 2 rings (SSSR count). The second-order valence-corrected chi connectivity index (χ2v) is 3.61. The number of aromatic nitrogens is 4. The Bertz CT molecular complexity index is 536. The molecule has 1 aromatic heterocycles. The molecule has 2 aromatic rings. The van der Waals surface area contributed by atoms with Crippen molar-refractivity contribution in [1.82, 2.24) is 20.2 Å². The van der Waals surface area contributed by atoms with E-state index in [1.807, 2.05) is 6.92 Å². The van der Waals surface area contributed by atoms with E-state index >= 15 is 0 Å². The van der Waals surface area contributed by atoms with E-state index in [1.165, 1.54) is 6.07 Å². The summed E-state index contributed by atoms with van der Waals surface area (Å²) in [5, 5.41) is 20.3. The van der Waals surface area contributed by atoms with Gasteiger partial charge in [-0.3, -0.25) is 0 Å². The maximum atomic E-state index is 10.9. The van der Waals surface area contributed by atoms with Gasteiger partial charge in [-0.15, -0.1) is 5.10 Å². The van der Waals surface area contributed by atoms with Crippen LogP contribution in [0.15, 0.2) is 24.3 Å². The number of aromatic carboxylic acids is 1. The third-order valence-corrected chi connectivity index (χ3v) is 2.35. The quantitative estimate of drug-likeness (QED) is 0.859. The second-order valence-electron chi connectivity index (χ2n) is 3.61. The summed E-state index contributed by atoms with van der Waals surface area (Å²) in [5.74, 6) is -0.230. The number of nitrogens with zero attached hydrogens (tertiary/aromatic N) is 4. The number of tetrazole rings is 1. The van der Waals surface area contributed by atoms with E-state index in [2.05, 4.69) is 15.5 Å².